The second-order valence-electron chi connectivity index (χ2n) is 14.8. The van der Waals surface area contributed by atoms with Crippen LogP contribution < -0.4 is 9.64 Å². The average Bonchev–Trinajstić information content (AvgIpc) is 3.38. The monoisotopic (exact) mass is 693 g/mol. The molecule has 1 saturated carbocycles. The number of aliphatic hydroxyl groups is 2. The fraction of sp³-hybridized carbons (Fsp3) is 0.605. The summed E-state index contributed by atoms with van der Waals surface area (Å²) >= 11 is 0. The Morgan fingerprint density at radius 3 is 2.44 bits per heavy atom. The smallest absolute Gasteiger partial charge is 0.340 e. The molecule has 2 N–H and O–H groups in total. The second-order valence-corrected chi connectivity index (χ2v) is 14.8. The van der Waals surface area contributed by atoms with Crippen LogP contribution >= 0.6 is 0 Å². The van der Waals surface area contributed by atoms with Gasteiger partial charge in [-0.3, -0.25) is 14.5 Å². The summed E-state index contributed by atoms with van der Waals surface area (Å²) in [6.45, 7) is 10.3. The van der Waals surface area contributed by atoms with Crippen molar-refractivity contribution in [1.82, 2.24) is 9.80 Å². The van der Waals surface area contributed by atoms with E-state index in [9.17, 15) is 24.6 Å². The summed E-state index contributed by atoms with van der Waals surface area (Å²) in [5.74, 6) is -1.81. The fourth-order valence-electron chi connectivity index (χ4n) is 9.12. The molecule has 6 unspecified atom stereocenters. The van der Waals surface area contributed by atoms with Gasteiger partial charge in [-0.25, -0.2) is 4.79 Å². The molecule has 6 atom stereocenters. The Hall–Kier alpha value is -3.87. The SMILES string of the molecule is COCC1OC(=O)C(=CN(C)CCCN2CCN(c3ccc(OC)cc3)CC2)C2=C(O)C(=O)C3=C(C(OC(C)=O)CC4(C)C(O)CCC34)C21C. The number of anilines is 1. The summed E-state index contributed by atoms with van der Waals surface area (Å²) in [5, 5.41) is 22.8. The predicted molar refractivity (Wildman–Crippen MR) is 186 cm³/mol. The van der Waals surface area contributed by atoms with Crippen LogP contribution in [-0.4, -0.2) is 123 Å². The van der Waals surface area contributed by atoms with Gasteiger partial charge in [-0.15, -0.1) is 0 Å². The minimum absolute atomic E-state index is 0.00378. The van der Waals surface area contributed by atoms with Crippen molar-refractivity contribution in [2.75, 3.05) is 72.0 Å². The number of rotatable bonds is 10. The molecule has 0 spiro atoms. The molecule has 2 heterocycles. The number of nitrogens with zero attached hydrogens (tertiary/aromatic N) is 3. The molecular weight excluding hydrogens is 642 g/mol. The van der Waals surface area contributed by atoms with Gasteiger partial charge in [0.05, 0.1) is 30.8 Å². The highest BCUT2D eigenvalue weighted by Crippen LogP contribution is 2.63. The summed E-state index contributed by atoms with van der Waals surface area (Å²) in [6.07, 6.45) is 1.35. The second kappa shape index (κ2) is 14.0. The van der Waals surface area contributed by atoms with Crippen molar-refractivity contribution >= 4 is 23.4 Å². The maximum absolute atomic E-state index is 14.2. The molecule has 1 aromatic rings. The summed E-state index contributed by atoms with van der Waals surface area (Å²) in [6, 6.07) is 8.13. The molecule has 272 valence electrons. The average molecular weight is 694 g/mol. The number of benzene rings is 1. The first kappa shape index (κ1) is 35.9. The van der Waals surface area contributed by atoms with Crippen molar-refractivity contribution in [3.8, 4) is 5.75 Å². The van der Waals surface area contributed by atoms with Crippen LogP contribution in [0.2, 0.25) is 0 Å². The van der Waals surface area contributed by atoms with Gasteiger partial charge in [0, 0.05) is 82.3 Å². The third kappa shape index (κ3) is 6.19. The molecule has 1 aromatic carbocycles. The number of allylic oxidation sites excluding steroid dienone is 1. The van der Waals surface area contributed by atoms with Gasteiger partial charge in [0.1, 0.15) is 18.0 Å². The van der Waals surface area contributed by atoms with Gasteiger partial charge in [-0.2, -0.15) is 0 Å². The highest BCUT2D eigenvalue weighted by molar-refractivity contribution is 6.13. The van der Waals surface area contributed by atoms with Crippen LogP contribution in [0.1, 0.15) is 46.5 Å². The zero-order valence-electron chi connectivity index (χ0n) is 30.1. The molecule has 0 radical (unpaired) electrons. The number of piperazine rings is 1. The van der Waals surface area contributed by atoms with E-state index in [1.807, 2.05) is 37.9 Å². The number of ketones is 1. The largest absolute Gasteiger partial charge is 0.504 e. The summed E-state index contributed by atoms with van der Waals surface area (Å²) in [4.78, 5) is 47.1. The first-order chi connectivity index (χ1) is 23.8. The highest BCUT2D eigenvalue weighted by Gasteiger charge is 2.64. The highest BCUT2D eigenvalue weighted by atomic mass is 16.6. The maximum Gasteiger partial charge on any atom is 0.340 e. The Bertz CT molecular complexity index is 1590. The molecule has 2 aliphatic heterocycles. The molecule has 0 aromatic heterocycles. The van der Waals surface area contributed by atoms with E-state index in [0.717, 1.165) is 44.9 Å². The van der Waals surface area contributed by atoms with Gasteiger partial charge in [-0.05, 0) is 74.9 Å². The Labute approximate surface area is 294 Å². The lowest BCUT2D eigenvalue weighted by molar-refractivity contribution is -0.161. The van der Waals surface area contributed by atoms with Crippen molar-refractivity contribution in [3.05, 3.63) is 58.5 Å². The summed E-state index contributed by atoms with van der Waals surface area (Å²) in [7, 11) is 5.02. The molecule has 0 amide bonds. The predicted octanol–water partition coefficient (Wildman–Crippen LogP) is 3.41. The number of esters is 2. The quantitative estimate of drug-likeness (QED) is 0.275. The maximum atomic E-state index is 14.2. The lowest BCUT2D eigenvalue weighted by Crippen LogP contribution is -2.57. The molecule has 50 heavy (non-hydrogen) atoms. The molecule has 12 heteroatoms. The third-order valence-electron chi connectivity index (χ3n) is 11.8. The van der Waals surface area contributed by atoms with Crippen LogP contribution in [0.15, 0.2) is 58.5 Å². The van der Waals surface area contributed by atoms with E-state index in [-0.39, 0.29) is 23.7 Å². The number of carbonyl (C=O) groups excluding carboxylic acids is 3. The molecule has 2 saturated heterocycles. The first-order valence-electron chi connectivity index (χ1n) is 17.6. The normalized spacial score (nSPS) is 32.1. The van der Waals surface area contributed by atoms with Crippen molar-refractivity contribution in [3.63, 3.8) is 0 Å². The van der Waals surface area contributed by atoms with Gasteiger partial charge in [0.15, 0.2) is 5.76 Å². The Kier molecular flexibility index (Phi) is 10.1. The molecule has 6 rings (SSSR count). The number of hydrogen-bond acceptors (Lipinski definition) is 12. The number of carbonyl (C=O) groups is 3. The van der Waals surface area contributed by atoms with E-state index in [1.165, 1.54) is 19.7 Å². The minimum Gasteiger partial charge on any atom is -0.504 e. The third-order valence-corrected chi connectivity index (χ3v) is 11.8. The van der Waals surface area contributed by atoms with Crippen LogP contribution in [0.25, 0.3) is 0 Å². The first-order valence-corrected chi connectivity index (χ1v) is 17.6. The van der Waals surface area contributed by atoms with Crippen LogP contribution in [0, 0.1) is 16.7 Å². The number of ether oxygens (including phenoxy) is 4. The topological polar surface area (TPSA) is 138 Å². The van der Waals surface area contributed by atoms with Crippen molar-refractivity contribution in [2.24, 2.45) is 16.7 Å². The van der Waals surface area contributed by atoms with E-state index < -0.39 is 52.6 Å². The number of cyclic esters (lactones) is 1. The van der Waals surface area contributed by atoms with E-state index in [4.69, 9.17) is 18.9 Å². The van der Waals surface area contributed by atoms with Crippen molar-refractivity contribution < 1.29 is 43.5 Å². The van der Waals surface area contributed by atoms with Crippen LogP contribution in [0.3, 0.4) is 0 Å². The van der Waals surface area contributed by atoms with E-state index in [1.54, 1.807) is 13.3 Å². The number of aliphatic hydroxyl groups excluding tert-OH is 2. The Morgan fingerprint density at radius 1 is 1.10 bits per heavy atom. The molecule has 3 aliphatic carbocycles. The molecule has 0 bridgehead atoms. The van der Waals surface area contributed by atoms with E-state index >= 15 is 0 Å². The Morgan fingerprint density at radius 2 is 1.80 bits per heavy atom. The van der Waals surface area contributed by atoms with Gasteiger partial charge in [0.25, 0.3) is 0 Å². The zero-order valence-corrected chi connectivity index (χ0v) is 30.1. The van der Waals surface area contributed by atoms with Crippen molar-refractivity contribution in [2.45, 2.75) is 64.8 Å². The number of fused-ring (bicyclic) bond motifs is 4. The van der Waals surface area contributed by atoms with Crippen LogP contribution in [0.4, 0.5) is 5.69 Å². The van der Waals surface area contributed by atoms with Gasteiger partial charge >= 0.3 is 11.9 Å². The number of hydrogen-bond donors (Lipinski definition) is 2. The van der Waals surface area contributed by atoms with Crippen LogP contribution in [0.5, 0.6) is 5.75 Å². The van der Waals surface area contributed by atoms with Crippen molar-refractivity contribution in [1.29, 1.82) is 0 Å². The fourth-order valence-corrected chi connectivity index (χ4v) is 9.12. The standard InChI is InChI=1S/C38H51N3O9/c1-23(42)49-28-20-37(2)27(12-13-29(37)43)31-33(28)38(3)30(22-47-5)50-36(46)26(32(38)35(45)34(31)44)21-39(4)14-7-15-40-16-18-41(19-17-40)24-8-10-25(48-6)11-9-24/h8-11,21,27-30,43,45H,7,12-20,22H2,1-6H3. The molecule has 12 nitrogen and oxygen atoms in total. The molecule has 3 fully saturated rings. The van der Waals surface area contributed by atoms with Crippen LogP contribution in [-0.2, 0) is 28.6 Å². The summed E-state index contributed by atoms with van der Waals surface area (Å²) in [5.41, 5.74) is 0.353. The minimum atomic E-state index is -1.23. The molecular formula is C38H51N3O9. The van der Waals surface area contributed by atoms with Gasteiger partial charge in [-0.1, -0.05) is 6.92 Å². The molecule has 5 aliphatic rings. The summed E-state index contributed by atoms with van der Waals surface area (Å²) < 4.78 is 22.8. The number of methoxy groups -OCH3 is 2. The Balaban J connectivity index is 1.22. The van der Waals surface area contributed by atoms with Gasteiger partial charge in [0.2, 0.25) is 5.78 Å². The number of Topliss-reactive ketones (excluding diaryl/α,β-unsaturated/α-hetero) is 1. The van der Waals surface area contributed by atoms with E-state index in [2.05, 4.69) is 21.9 Å². The van der Waals surface area contributed by atoms with E-state index in [0.29, 0.717) is 37.0 Å². The zero-order chi connectivity index (χ0) is 36.0. The lowest BCUT2D eigenvalue weighted by Gasteiger charge is -2.54. The lowest BCUT2D eigenvalue weighted by atomic mass is 9.53. The van der Waals surface area contributed by atoms with Gasteiger partial charge < -0.3 is 39.0 Å².